The lowest BCUT2D eigenvalue weighted by Crippen LogP contribution is -2.48. The van der Waals surface area contributed by atoms with E-state index < -0.39 is 27.3 Å². The molecule has 80 heavy (non-hydrogen) atoms. The number of alkyl halides is 3. The van der Waals surface area contributed by atoms with Crippen LogP contribution in [0.15, 0.2) is 125 Å². The number of unbranched alkanes of at least 4 members (excludes halogenated alkanes) is 2. The van der Waals surface area contributed by atoms with Crippen LogP contribution in [0, 0.1) is 0 Å². The van der Waals surface area contributed by atoms with Crippen LogP contribution in [0.2, 0.25) is 0 Å². The fourth-order valence-corrected chi connectivity index (χ4v) is 13.8. The zero-order valence-electron chi connectivity index (χ0n) is 45.1. The van der Waals surface area contributed by atoms with Crippen LogP contribution in [0.25, 0.3) is 11.3 Å². The van der Waals surface area contributed by atoms with Gasteiger partial charge in [-0.05, 0) is 117 Å². The van der Waals surface area contributed by atoms with Gasteiger partial charge in [-0.2, -0.15) is 17.7 Å². The van der Waals surface area contributed by atoms with Gasteiger partial charge < -0.3 is 35.0 Å². The maximum Gasteiger partial charge on any atom is 0.416 e. The summed E-state index contributed by atoms with van der Waals surface area (Å²) in [5, 5.41) is 9.01. The molecule has 7 aliphatic heterocycles. The van der Waals surface area contributed by atoms with Crippen molar-refractivity contribution in [2.45, 2.75) is 126 Å². The molecule has 2 bridgehead atoms. The number of aromatic nitrogens is 1. The van der Waals surface area contributed by atoms with E-state index in [9.17, 15) is 40.5 Å². The van der Waals surface area contributed by atoms with Crippen molar-refractivity contribution < 1.29 is 52.7 Å². The number of pyridine rings is 1. The Bertz CT molecular complexity index is 3630. The standard InChI is InChI=1S/C61H63F3N8O7S.2H2/c1-59(2)45-29-37(14-19-48(45)70-27-23-51-43(55(59)70)33-44-52(79-51)24-28-71-49-20-17-42(80(76,77)78)32-46(49)60(3,4)56(44)71)30-54(74)65-25-7-5-6-11-53(73)66-34-36-12-15-40(16-13-36)67-58(75)72-41-22-26-69(35-41)50-21-18-47(68-57(50)72)38-9-8-10-39(31-38)61(62,63)64;;/h8-10,12-21,29,31-33,41,51-52H,5-7,11,22-28,30,34-35H2,1-4H3,(H3-,65,66,67,73,74,75,76,77,78);2*1H/t41-,51?,52?;;/m0../s1. The second-order valence-corrected chi connectivity index (χ2v) is 24.5. The molecule has 4 amide bonds. The van der Waals surface area contributed by atoms with Crippen molar-refractivity contribution in [2.24, 2.45) is 0 Å². The van der Waals surface area contributed by atoms with Crippen LogP contribution in [0.5, 0.6) is 0 Å². The molecule has 7 aliphatic rings. The second kappa shape index (κ2) is 20.0. The molecule has 5 aromatic rings. The molecule has 4 aromatic carbocycles. The molecular formula is C61H67F3N8O7S. The van der Waals surface area contributed by atoms with E-state index in [1.807, 2.05) is 24.3 Å². The van der Waals surface area contributed by atoms with E-state index in [2.05, 4.69) is 76.2 Å². The molecule has 1 fully saturated rings. The molecule has 1 aromatic heterocycles. The van der Waals surface area contributed by atoms with E-state index in [1.54, 1.807) is 41.3 Å². The van der Waals surface area contributed by atoms with E-state index >= 15 is 0 Å². The lowest BCUT2D eigenvalue weighted by atomic mass is 9.74. The number of nitrogens with one attached hydrogen (secondary N) is 3. The molecule has 1 saturated heterocycles. The minimum Gasteiger partial charge on any atom is -0.744 e. The Hall–Kier alpha value is -7.35. The van der Waals surface area contributed by atoms with Crippen molar-refractivity contribution in [1.82, 2.24) is 15.6 Å². The third kappa shape index (κ3) is 9.63. The molecule has 0 saturated carbocycles. The Morgan fingerprint density at radius 3 is 2.40 bits per heavy atom. The van der Waals surface area contributed by atoms with Gasteiger partial charge in [0, 0.05) is 99.2 Å². The van der Waals surface area contributed by atoms with Crippen molar-refractivity contribution in [3.05, 3.63) is 148 Å². The van der Waals surface area contributed by atoms with E-state index in [4.69, 9.17) is 9.72 Å². The quantitative estimate of drug-likeness (QED) is 0.0584. The Morgan fingerprint density at radius 1 is 0.825 bits per heavy atom. The first kappa shape index (κ1) is 53.3. The lowest BCUT2D eigenvalue weighted by molar-refractivity contribution is -0.445. The first-order valence-corrected chi connectivity index (χ1v) is 29.0. The molecular weight excluding hydrogens is 1050 g/mol. The Labute approximate surface area is 466 Å². The summed E-state index contributed by atoms with van der Waals surface area (Å²) in [6, 6.07) is 26.2. The third-order valence-corrected chi connectivity index (χ3v) is 18.0. The average molecular weight is 1110 g/mol. The van der Waals surface area contributed by atoms with Crippen molar-refractivity contribution >= 4 is 62.2 Å². The zero-order valence-corrected chi connectivity index (χ0v) is 45.9. The van der Waals surface area contributed by atoms with Crippen LogP contribution >= 0.6 is 0 Å². The van der Waals surface area contributed by atoms with Gasteiger partial charge in [0.15, 0.2) is 18.1 Å². The van der Waals surface area contributed by atoms with Gasteiger partial charge >= 0.3 is 12.2 Å². The number of benzene rings is 4. The summed E-state index contributed by atoms with van der Waals surface area (Å²) in [7, 11) is -4.62. The number of amides is 4. The topological polar surface area (TPSA) is 179 Å². The summed E-state index contributed by atoms with van der Waals surface area (Å²) in [4.78, 5) is 50.6. The number of anilines is 4. The SMILES string of the molecule is CC1(C)C2=C3C=C4C5=[N+](CCC4OC3CCN2c2ccc(CC(=O)NCCCCCC(=O)NCc3ccc(NC(=O)N4c6nc(-c7cccc(C(F)(F)F)c7)ccc6N6CC[C@H]4C6)cc3)cc21)c1ccc(S(=O)(=O)[O-])cc1C5(C)C.[HH].[HH]. The first-order valence-electron chi connectivity index (χ1n) is 27.6. The van der Waals surface area contributed by atoms with Crippen LogP contribution in [0.3, 0.4) is 0 Å². The molecule has 8 heterocycles. The molecule has 3 N–H and O–H groups in total. The highest BCUT2D eigenvalue weighted by atomic mass is 32.2. The fourth-order valence-electron chi connectivity index (χ4n) is 13.3. The lowest BCUT2D eigenvalue weighted by Gasteiger charge is -2.42. The summed E-state index contributed by atoms with van der Waals surface area (Å²) < 4.78 is 85.9. The van der Waals surface area contributed by atoms with Crippen molar-refractivity contribution in [3.63, 3.8) is 0 Å². The summed E-state index contributed by atoms with van der Waals surface area (Å²) in [6.07, 6.45) is 2.73. The van der Waals surface area contributed by atoms with Crippen LogP contribution in [-0.2, 0) is 54.4 Å². The van der Waals surface area contributed by atoms with Gasteiger partial charge in [0.2, 0.25) is 17.5 Å². The minimum absolute atomic E-state index is 0. The van der Waals surface area contributed by atoms with Crippen molar-refractivity contribution in [1.29, 1.82) is 0 Å². The molecule has 3 atom stereocenters. The van der Waals surface area contributed by atoms with E-state index in [1.165, 1.54) is 17.8 Å². The number of nitrogens with zero attached hydrogens (tertiary/aromatic N) is 5. The van der Waals surface area contributed by atoms with Gasteiger partial charge in [-0.15, -0.1) is 0 Å². The number of fused-ring (bicyclic) bond motifs is 12. The predicted molar refractivity (Wildman–Crippen MR) is 302 cm³/mol. The largest absolute Gasteiger partial charge is 0.744 e. The highest BCUT2D eigenvalue weighted by Crippen LogP contribution is 2.54. The number of hydrogen-bond donors (Lipinski definition) is 3. The number of urea groups is 1. The predicted octanol–water partition coefficient (Wildman–Crippen LogP) is 10.3. The highest BCUT2D eigenvalue weighted by molar-refractivity contribution is 7.85. The average Bonchev–Trinajstić information content (AvgIpc) is 4.14. The molecule has 19 heteroatoms. The van der Waals surface area contributed by atoms with Crippen molar-refractivity contribution in [3.8, 4) is 11.3 Å². The molecule has 0 aliphatic carbocycles. The number of allylic oxidation sites excluding steroid dienone is 1. The number of ether oxygens (including phenoxy) is 1. The maximum absolute atomic E-state index is 13.9. The normalized spacial score (nSPS) is 20.9. The smallest absolute Gasteiger partial charge is 0.416 e. The minimum atomic E-state index is -4.62. The summed E-state index contributed by atoms with van der Waals surface area (Å²) in [5.74, 6) is 0.249. The number of carbonyl (C=O) groups is 3. The summed E-state index contributed by atoms with van der Waals surface area (Å²) >= 11 is 0. The second-order valence-electron chi connectivity index (χ2n) is 23.1. The van der Waals surface area contributed by atoms with E-state index in [-0.39, 0.29) is 55.7 Å². The molecule has 15 nitrogen and oxygen atoms in total. The number of carbonyl (C=O) groups excluding carboxylic acids is 3. The maximum atomic E-state index is 13.9. The first-order chi connectivity index (χ1) is 38.1. The Balaban J connectivity index is 0.00000376. The Kier molecular flexibility index (Phi) is 13.3. The molecule has 2 unspecified atom stereocenters. The summed E-state index contributed by atoms with van der Waals surface area (Å²) in [6.45, 7) is 12.3. The number of halogens is 3. The molecule has 12 rings (SSSR count). The zero-order chi connectivity index (χ0) is 56.0. The van der Waals surface area contributed by atoms with Gasteiger partial charge in [-0.1, -0.05) is 56.7 Å². The van der Waals surface area contributed by atoms with Crippen LogP contribution in [-0.4, -0.2) is 97.1 Å². The Morgan fingerprint density at radius 2 is 1.61 bits per heavy atom. The number of hydrogen-bond acceptors (Lipinski definition) is 10. The van der Waals surface area contributed by atoms with Crippen LogP contribution in [0.4, 0.5) is 46.5 Å². The third-order valence-electron chi connectivity index (χ3n) is 17.2. The summed E-state index contributed by atoms with van der Waals surface area (Å²) in [5.41, 5.74) is 10.5. The van der Waals surface area contributed by atoms with Gasteiger partial charge in [0.25, 0.3) is 0 Å². The van der Waals surface area contributed by atoms with E-state index in [0.29, 0.717) is 55.2 Å². The molecule has 420 valence electrons. The highest BCUT2D eigenvalue weighted by Gasteiger charge is 2.55. The number of rotatable bonds is 13. The van der Waals surface area contributed by atoms with Gasteiger partial charge in [0.1, 0.15) is 10.1 Å². The van der Waals surface area contributed by atoms with Gasteiger partial charge in [-0.3, -0.25) is 14.5 Å². The monoisotopic (exact) mass is 1110 g/mol. The van der Waals surface area contributed by atoms with Gasteiger partial charge in [0.05, 0.1) is 51.9 Å². The van der Waals surface area contributed by atoms with Crippen molar-refractivity contribution in [2.75, 3.05) is 52.7 Å². The van der Waals surface area contributed by atoms with Crippen LogP contribution < -0.4 is 30.7 Å². The van der Waals surface area contributed by atoms with Gasteiger partial charge in [-0.25, -0.2) is 18.2 Å². The van der Waals surface area contributed by atoms with E-state index in [0.717, 1.165) is 120 Å². The van der Waals surface area contributed by atoms with Crippen LogP contribution in [0.1, 0.15) is 103 Å². The fraction of sp³-hybridized carbons (Fsp3) is 0.393. The molecule has 0 spiro atoms. The molecule has 0 radical (unpaired) electrons.